The normalized spacial score (nSPS) is 14.1. The minimum Gasteiger partial charge on any atom is -0.465 e. The molecular formula is C17H20N2O2. The van der Waals surface area contributed by atoms with Gasteiger partial charge in [-0.25, -0.2) is 4.79 Å². The Labute approximate surface area is 124 Å². The summed E-state index contributed by atoms with van der Waals surface area (Å²) in [5.41, 5.74) is 3.07. The van der Waals surface area contributed by atoms with E-state index in [4.69, 9.17) is 4.74 Å². The molecular weight excluding hydrogens is 264 g/mol. The Morgan fingerprint density at radius 1 is 1.24 bits per heavy atom. The Morgan fingerprint density at radius 3 is 2.67 bits per heavy atom. The summed E-state index contributed by atoms with van der Waals surface area (Å²) in [6.07, 6.45) is 6.89. The molecule has 110 valence electrons. The average Bonchev–Trinajstić information content (AvgIpc) is 3.25. The van der Waals surface area contributed by atoms with Crippen LogP contribution in [0.25, 0.3) is 0 Å². The summed E-state index contributed by atoms with van der Waals surface area (Å²) in [5.74, 6) is -0.295. The molecule has 1 fully saturated rings. The van der Waals surface area contributed by atoms with E-state index in [9.17, 15) is 4.79 Å². The van der Waals surface area contributed by atoms with Gasteiger partial charge in [0.05, 0.1) is 12.7 Å². The summed E-state index contributed by atoms with van der Waals surface area (Å²) in [7, 11) is 1.40. The van der Waals surface area contributed by atoms with Crippen molar-refractivity contribution < 1.29 is 9.53 Å². The minimum atomic E-state index is -0.295. The molecule has 1 aliphatic carbocycles. The number of benzene rings is 1. The number of nitrogens with one attached hydrogen (secondary N) is 1. The Kier molecular flexibility index (Phi) is 4.06. The zero-order valence-corrected chi connectivity index (χ0v) is 12.2. The predicted molar refractivity (Wildman–Crippen MR) is 81.2 cm³/mol. The van der Waals surface area contributed by atoms with Crippen LogP contribution < -0.4 is 5.32 Å². The van der Waals surface area contributed by atoms with Crippen LogP contribution in [0.3, 0.4) is 0 Å². The second kappa shape index (κ2) is 6.14. The second-order valence-electron chi connectivity index (χ2n) is 5.54. The van der Waals surface area contributed by atoms with E-state index < -0.39 is 0 Å². The van der Waals surface area contributed by atoms with Crippen LogP contribution in [0.4, 0.5) is 0 Å². The van der Waals surface area contributed by atoms with Crippen LogP contribution in [0.5, 0.6) is 0 Å². The smallest absolute Gasteiger partial charge is 0.337 e. The third-order valence-electron chi connectivity index (χ3n) is 3.72. The highest BCUT2D eigenvalue weighted by Crippen LogP contribution is 2.19. The molecule has 0 aliphatic heterocycles. The molecule has 4 nitrogen and oxygen atoms in total. The van der Waals surface area contributed by atoms with E-state index in [1.807, 2.05) is 12.1 Å². The lowest BCUT2D eigenvalue weighted by molar-refractivity contribution is 0.0600. The van der Waals surface area contributed by atoms with Crippen molar-refractivity contribution in [2.24, 2.45) is 0 Å². The molecule has 0 unspecified atom stereocenters. The van der Waals surface area contributed by atoms with Gasteiger partial charge >= 0.3 is 5.97 Å². The van der Waals surface area contributed by atoms with E-state index >= 15 is 0 Å². The molecule has 1 N–H and O–H groups in total. The van der Waals surface area contributed by atoms with Crippen LogP contribution in [0.15, 0.2) is 42.7 Å². The van der Waals surface area contributed by atoms with E-state index in [1.165, 1.54) is 31.1 Å². The van der Waals surface area contributed by atoms with E-state index in [0.29, 0.717) is 5.56 Å². The lowest BCUT2D eigenvalue weighted by Crippen LogP contribution is -2.14. The van der Waals surface area contributed by atoms with Crippen molar-refractivity contribution in [2.75, 3.05) is 7.11 Å². The fourth-order valence-electron chi connectivity index (χ4n) is 2.32. The van der Waals surface area contributed by atoms with Crippen LogP contribution in [-0.2, 0) is 17.8 Å². The average molecular weight is 284 g/mol. The summed E-state index contributed by atoms with van der Waals surface area (Å²) in [4.78, 5) is 11.4. The number of carbonyl (C=O) groups excluding carboxylic acids is 1. The topological polar surface area (TPSA) is 43.3 Å². The van der Waals surface area contributed by atoms with Crippen LogP contribution in [0.2, 0.25) is 0 Å². The molecule has 21 heavy (non-hydrogen) atoms. The molecule has 0 bridgehead atoms. The quantitative estimate of drug-likeness (QED) is 0.829. The highest BCUT2D eigenvalue weighted by molar-refractivity contribution is 5.89. The molecule has 0 amide bonds. The summed E-state index contributed by atoms with van der Waals surface area (Å²) in [6, 6.07) is 10.4. The summed E-state index contributed by atoms with van der Waals surface area (Å²) >= 11 is 0. The monoisotopic (exact) mass is 284 g/mol. The van der Waals surface area contributed by atoms with Crippen LogP contribution in [0.1, 0.15) is 34.3 Å². The summed E-state index contributed by atoms with van der Waals surface area (Å²) in [5, 5.41) is 3.51. The molecule has 4 heteroatoms. The Hall–Kier alpha value is -2.07. The van der Waals surface area contributed by atoms with Gasteiger partial charge in [0.1, 0.15) is 0 Å². The van der Waals surface area contributed by atoms with Crippen LogP contribution >= 0.6 is 0 Å². The van der Waals surface area contributed by atoms with E-state index in [2.05, 4.69) is 28.3 Å². The first-order chi connectivity index (χ1) is 10.2. The maximum Gasteiger partial charge on any atom is 0.337 e. The van der Waals surface area contributed by atoms with Gasteiger partial charge in [-0.05, 0) is 42.2 Å². The molecule has 0 spiro atoms. The van der Waals surface area contributed by atoms with Gasteiger partial charge in [-0.1, -0.05) is 12.1 Å². The Bertz CT molecular complexity index is 612. The van der Waals surface area contributed by atoms with Crippen molar-refractivity contribution in [3.05, 3.63) is 59.4 Å². The second-order valence-corrected chi connectivity index (χ2v) is 5.54. The molecule has 0 atom stereocenters. The van der Waals surface area contributed by atoms with E-state index in [0.717, 1.165) is 19.1 Å². The highest BCUT2D eigenvalue weighted by Gasteiger charge is 2.19. The van der Waals surface area contributed by atoms with Crippen molar-refractivity contribution in [1.29, 1.82) is 0 Å². The number of nitrogens with zero attached hydrogens (tertiary/aromatic N) is 1. The maximum atomic E-state index is 11.4. The zero-order valence-electron chi connectivity index (χ0n) is 12.2. The minimum absolute atomic E-state index is 0.295. The number of aromatic nitrogens is 1. The number of esters is 1. The number of carbonyl (C=O) groups is 1. The first-order valence-corrected chi connectivity index (χ1v) is 7.30. The fraction of sp³-hybridized carbons (Fsp3) is 0.353. The molecule has 2 aromatic rings. The van der Waals surface area contributed by atoms with Crippen molar-refractivity contribution in [3.8, 4) is 0 Å². The van der Waals surface area contributed by atoms with Gasteiger partial charge in [0.15, 0.2) is 0 Å². The van der Waals surface area contributed by atoms with Crippen LogP contribution in [-0.4, -0.2) is 23.7 Å². The lowest BCUT2D eigenvalue weighted by atomic mass is 10.1. The van der Waals surface area contributed by atoms with Gasteiger partial charge in [-0.15, -0.1) is 0 Å². The third-order valence-corrected chi connectivity index (χ3v) is 3.72. The summed E-state index contributed by atoms with van der Waals surface area (Å²) < 4.78 is 6.86. The number of methoxy groups -OCH3 is 1. The van der Waals surface area contributed by atoms with Crippen molar-refractivity contribution in [2.45, 2.75) is 32.0 Å². The molecule has 0 radical (unpaired) electrons. The van der Waals surface area contributed by atoms with Gasteiger partial charge in [-0.2, -0.15) is 0 Å². The molecule has 1 aromatic carbocycles. The predicted octanol–water partition coefficient (Wildman–Crippen LogP) is 2.58. The largest absolute Gasteiger partial charge is 0.465 e. The van der Waals surface area contributed by atoms with E-state index in [1.54, 1.807) is 12.1 Å². The molecule has 3 rings (SSSR count). The van der Waals surface area contributed by atoms with Gasteiger partial charge < -0.3 is 14.6 Å². The van der Waals surface area contributed by atoms with E-state index in [-0.39, 0.29) is 5.97 Å². The van der Waals surface area contributed by atoms with Gasteiger partial charge in [0.25, 0.3) is 0 Å². The maximum absolute atomic E-state index is 11.4. The van der Waals surface area contributed by atoms with Crippen molar-refractivity contribution in [1.82, 2.24) is 9.88 Å². The molecule has 1 heterocycles. The molecule has 0 saturated heterocycles. The standard InChI is InChI=1S/C17H20N2O2/c1-21-17(20)15-4-2-13(3-5-15)11-19-9-8-14(12-19)10-18-16-6-7-16/h2-5,8-9,12,16,18H,6-7,10-11H2,1H3. The Balaban J connectivity index is 1.59. The van der Waals surface area contributed by atoms with Crippen molar-refractivity contribution in [3.63, 3.8) is 0 Å². The molecule has 1 aromatic heterocycles. The molecule has 1 saturated carbocycles. The van der Waals surface area contributed by atoms with Gasteiger partial charge in [-0.3, -0.25) is 0 Å². The number of ether oxygens (including phenoxy) is 1. The lowest BCUT2D eigenvalue weighted by Gasteiger charge is -2.05. The first kappa shape index (κ1) is 13.9. The number of hydrogen-bond acceptors (Lipinski definition) is 3. The summed E-state index contributed by atoms with van der Waals surface area (Å²) in [6.45, 7) is 1.75. The Morgan fingerprint density at radius 2 is 2.00 bits per heavy atom. The third kappa shape index (κ3) is 3.73. The first-order valence-electron chi connectivity index (χ1n) is 7.30. The number of rotatable bonds is 6. The molecule has 1 aliphatic rings. The zero-order chi connectivity index (χ0) is 14.7. The number of hydrogen-bond donors (Lipinski definition) is 1. The van der Waals surface area contributed by atoms with Crippen LogP contribution in [0, 0.1) is 0 Å². The highest BCUT2D eigenvalue weighted by atomic mass is 16.5. The fourth-order valence-corrected chi connectivity index (χ4v) is 2.32. The van der Waals surface area contributed by atoms with Gasteiger partial charge in [0.2, 0.25) is 0 Å². The van der Waals surface area contributed by atoms with Gasteiger partial charge in [0, 0.05) is 31.5 Å². The van der Waals surface area contributed by atoms with Crippen molar-refractivity contribution >= 4 is 5.97 Å². The SMILES string of the molecule is COC(=O)c1ccc(Cn2ccc(CNC3CC3)c2)cc1.